The van der Waals surface area contributed by atoms with Crippen molar-refractivity contribution in [2.75, 3.05) is 11.9 Å². The van der Waals surface area contributed by atoms with Gasteiger partial charge >= 0.3 is 0 Å². The summed E-state index contributed by atoms with van der Waals surface area (Å²) in [6.07, 6.45) is 4.36. The first-order valence-corrected chi connectivity index (χ1v) is 10.6. The van der Waals surface area contributed by atoms with Gasteiger partial charge in [-0.2, -0.15) is 0 Å². The van der Waals surface area contributed by atoms with Crippen LogP contribution in [0.5, 0.6) is 0 Å². The zero-order valence-electron chi connectivity index (χ0n) is 17.7. The van der Waals surface area contributed by atoms with E-state index in [1.54, 1.807) is 24.5 Å². The summed E-state index contributed by atoms with van der Waals surface area (Å²) in [5.41, 5.74) is 6.39. The summed E-state index contributed by atoms with van der Waals surface area (Å²) in [4.78, 5) is 9.14. The lowest BCUT2D eigenvalue weighted by molar-refractivity contribution is 0.628. The number of benzene rings is 3. The smallest absolute Gasteiger partial charge is 0.223 e. The third-order valence-corrected chi connectivity index (χ3v) is 5.36. The van der Waals surface area contributed by atoms with Crippen LogP contribution in [-0.2, 0) is 6.42 Å². The number of rotatable bonds is 7. The summed E-state index contributed by atoms with van der Waals surface area (Å²) in [6.45, 7) is 0.720. The molecule has 2 aromatic heterocycles. The predicted molar refractivity (Wildman–Crippen MR) is 127 cm³/mol. The maximum atomic E-state index is 13.5. The van der Waals surface area contributed by atoms with Gasteiger partial charge in [0.1, 0.15) is 11.5 Å². The average Bonchev–Trinajstić information content (AvgIpc) is 3.40. The van der Waals surface area contributed by atoms with Crippen molar-refractivity contribution in [3.8, 4) is 33.6 Å². The van der Waals surface area contributed by atoms with Crippen LogP contribution in [-0.4, -0.2) is 31.9 Å². The summed E-state index contributed by atoms with van der Waals surface area (Å²) >= 11 is 0. The Hall–Kier alpha value is -4.39. The number of aromatic nitrogens is 5. The number of halogens is 1. The first-order valence-electron chi connectivity index (χ1n) is 10.6. The molecule has 0 aliphatic heterocycles. The molecule has 0 aliphatic rings. The molecule has 0 fully saturated rings. The van der Waals surface area contributed by atoms with Gasteiger partial charge < -0.3 is 5.32 Å². The summed E-state index contributed by atoms with van der Waals surface area (Å²) in [5, 5.41) is 14.0. The van der Waals surface area contributed by atoms with Crippen LogP contribution >= 0.6 is 0 Å². The van der Waals surface area contributed by atoms with Gasteiger partial charge in [0.05, 0.1) is 5.69 Å². The second kappa shape index (κ2) is 9.40. The fourth-order valence-corrected chi connectivity index (χ4v) is 3.70. The summed E-state index contributed by atoms with van der Waals surface area (Å²) in [5.74, 6) is 0.284. The van der Waals surface area contributed by atoms with Crippen LogP contribution in [0.4, 0.5) is 10.3 Å². The summed E-state index contributed by atoms with van der Waals surface area (Å²) in [6, 6.07) is 24.6. The molecule has 0 saturated heterocycles. The first kappa shape index (κ1) is 20.5. The van der Waals surface area contributed by atoms with E-state index in [1.165, 1.54) is 17.7 Å². The second-order valence-corrected chi connectivity index (χ2v) is 7.55. The standard InChI is InChI=1S/C26H21FN6/c27-21-9-6-19(7-10-21)22-11-8-20(25-17-30-33-32-25)16-23(22)24-13-15-29-26(31-24)28-14-12-18-4-2-1-3-5-18/h1-11,13,15-17H,12,14H2,(H,28,29,31)(H,30,32,33). The molecule has 5 aromatic rings. The molecule has 0 radical (unpaired) electrons. The number of H-pyrrole nitrogens is 1. The third kappa shape index (κ3) is 4.77. The van der Waals surface area contributed by atoms with Gasteiger partial charge in [0.15, 0.2) is 0 Å². The minimum Gasteiger partial charge on any atom is -0.354 e. The van der Waals surface area contributed by atoms with Crippen molar-refractivity contribution in [1.82, 2.24) is 25.4 Å². The minimum absolute atomic E-state index is 0.272. The summed E-state index contributed by atoms with van der Waals surface area (Å²) in [7, 11) is 0. The minimum atomic E-state index is -0.272. The number of nitrogens with zero attached hydrogens (tertiary/aromatic N) is 4. The van der Waals surface area contributed by atoms with Crippen LogP contribution in [0.15, 0.2) is 91.3 Å². The van der Waals surface area contributed by atoms with E-state index < -0.39 is 0 Å². The first-order chi connectivity index (χ1) is 16.3. The lowest BCUT2D eigenvalue weighted by atomic mass is 9.94. The molecule has 0 spiro atoms. The van der Waals surface area contributed by atoms with Gasteiger partial charge in [0.2, 0.25) is 5.95 Å². The van der Waals surface area contributed by atoms with Crippen molar-refractivity contribution >= 4 is 5.95 Å². The monoisotopic (exact) mass is 436 g/mol. The Labute approximate surface area is 190 Å². The van der Waals surface area contributed by atoms with E-state index in [0.29, 0.717) is 5.95 Å². The van der Waals surface area contributed by atoms with Gasteiger partial charge in [0, 0.05) is 30.1 Å². The van der Waals surface area contributed by atoms with E-state index in [0.717, 1.165) is 46.6 Å². The molecule has 2 heterocycles. The fraction of sp³-hybridized carbons (Fsp3) is 0.0769. The van der Waals surface area contributed by atoms with E-state index in [1.807, 2.05) is 42.5 Å². The van der Waals surface area contributed by atoms with E-state index in [4.69, 9.17) is 4.98 Å². The van der Waals surface area contributed by atoms with Gasteiger partial charge in [-0.15, -0.1) is 5.10 Å². The number of aromatic amines is 1. The molecule has 0 amide bonds. The van der Waals surface area contributed by atoms with Crippen molar-refractivity contribution < 1.29 is 4.39 Å². The Morgan fingerprint density at radius 1 is 0.818 bits per heavy atom. The summed E-state index contributed by atoms with van der Waals surface area (Å²) < 4.78 is 13.5. The highest BCUT2D eigenvalue weighted by Crippen LogP contribution is 2.34. The average molecular weight is 436 g/mol. The third-order valence-electron chi connectivity index (χ3n) is 5.36. The van der Waals surface area contributed by atoms with Gasteiger partial charge in [0.25, 0.3) is 0 Å². The molecule has 33 heavy (non-hydrogen) atoms. The van der Waals surface area contributed by atoms with Crippen LogP contribution < -0.4 is 5.32 Å². The number of anilines is 1. The molecular weight excluding hydrogens is 415 g/mol. The molecule has 0 saturated carbocycles. The number of hydrogen-bond acceptors (Lipinski definition) is 5. The SMILES string of the molecule is Fc1ccc(-c2ccc(-c3c[nH]nn3)cc2-c2ccnc(NCCc3ccccc3)n2)cc1. The van der Waals surface area contributed by atoms with Crippen molar-refractivity contribution in [3.05, 3.63) is 103 Å². The molecule has 0 aliphatic carbocycles. The van der Waals surface area contributed by atoms with Crippen LogP contribution in [0.1, 0.15) is 5.56 Å². The van der Waals surface area contributed by atoms with Gasteiger partial charge in [-0.1, -0.05) is 59.8 Å². The van der Waals surface area contributed by atoms with Crippen LogP contribution in [0.2, 0.25) is 0 Å². The largest absolute Gasteiger partial charge is 0.354 e. The van der Waals surface area contributed by atoms with E-state index in [9.17, 15) is 4.39 Å². The lowest BCUT2D eigenvalue weighted by Gasteiger charge is -2.13. The van der Waals surface area contributed by atoms with Crippen molar-refractivity contribution in [3.63, 3.8) is 0 Å². The molecular formula is C26H21FN6. The Kier molecular flexibility index (Phi) is 5.84. The van der Waals surface area contributed by atoms with Gasteiger partial charge in [-0.25, -0.2) is 14.4 Å². The highest BCUT2D eigenvalue weighted by Gasteiger charge is 2.13. The highest BCUT2D eigenvalue weighted by atomic mass is 19.1. The molecule has 5 rings (SSSR count). The maximum absolute atomic E-state index is 13.5. The molecule has 0 atom stereocenters. The molecule has 7 heteroatoms. The quantitative estimate of drug-likeness (QED) is 0.358. The van der Waals surface area contributed by atoms with Crippen molar-refractivity contribution in [2.45, 2.75) is 6.42 Å². The lowest BCUT2D eigenvalue weighted by Crippen LogP contribution is -2.08. The van der Waals surface area contributed by atoms with Crippen LogP contribution in [0.3, 0.4) is 0 Å². The molecule has 3 aromatic carbocycles. The molecule has 0 bridgehead atoms. The Morgan fingerprint density at radius 2 is 1.64 bits per heavy atom. The zero-order valence-corrected chi connectivity index (χ0v) is 17.7. The van der Waals surface area contributed by atoms with Crippen LogP contribution in [0.25, 0.3) is 33.6 Å². The van der Waals surface area contributed by atoms with Crippen molar-refractivity contribution in [1.29, 1.82) is 0 Å². The Bertz CT molecular complexity index is 1340. The van der Waals surface area contributed by atoms with Gasteiger partial charge in [-0.3, -0.25) is 5.10 Å². The molecule has 2 N–H and O–H groups in total. The highest BCUT2D eigenvalue weighted by molar-refractivity contribution is 5.85. The van der Waals surface area contributed by atoms with Crippen LogP contribution in [0, 0.1) is 5.82 Å². The van der Waals surface area contributed by atoms with E-state index in [-0.39, 0.29) is 5.82 Å². The molecule has 162 valence electrons. The molecule has 0 unspecified atom stereocenters. The topological polar surface area (TPSA) is 79.4 Å². The zero-order chi connectivity index (χ0) is 22.5. The number of nitrogens with one attached hydrogen (secondary N) is 2. The Morgan fingerprint density at radius 3 is 2.42 bits per heavy atom. The maximum Gasteiger partial charge on any atom is 0.223 e. The Balaban J connectivity index is 1.48. The fourth-order valence-electron chi connectivity index (χ4n) is 3.70. The van der Waals surface area contributed by atoms with E-state index >= 15 is 0 Å². The molecule has 6 nitrogen and oxygen atoms in total. The van der Waals surface area contributed by atoms with Crippen molar-refractivity contribution in [2.24, 2.45) is 0 Å². The second-order valence-electron chi connectivity index (χ2n) is 7.55. The normalized spacial score (nSPS) is 10.8. The van der Waals surface area contributed by atoms with Gasteiger partial charge in [-0.05, 0) is 47.4 Å². The predicted octanol–water partition coefficient (Wildman–Crippen LogP) is 5.39. The number of hydrogen-bond donors (Lipinski definition) is 2. The van der Waals surface area contributed by atoms with E-state index in [2.05, 4.69) is 37.8 Å².